The van der Waals surface area contributed by atoms with Gasteiger partial charge in [-0.1, -0.05) is 12.1 Å². The molecule has 28 heavy (non-hydrogen) atoms. The molecule has 0 spiro atoms. The van der Waals surface area contributed by atoms with Gasteiger partial charge in [0, 0.05) is 49.4 Å². The van der Waals surface area contributed by atoms with Crippen LogP contribution in [-0.4, -0.2) is 40.9 Å². The second-order valence-corrected chi connectivity index (χ2v) is 6.54. The van der Waals surface area contributed by atoms with E-state index in [-0.39, 0.29) is 17.2 Å². The third kappa shape index (κ3) is 4.91. The highest BCUT2D eigenvalue weighted by Crippen LogP contribution is 2.19. The van der Waals surface area contributed by atoms with Crippen LogP contribution in [0.5, 0.6) is 0 Å². The lowest BCUT2D eigenvalue weighted by molar-refractivity contribution is 0.102. The van der Waals surface area contributed by atoms with Gasteiger partial charge >= 0.3 is 0 Å². The molecule has 4 N–H and O–H groups in total. The fourth-order valence-corrected chi connectivity index (χ4v) is 2.85. The van der Waals surface area contributed by atoms with Gasteiger partial charge in [-0.05, 0) is 48.5 Å². The van der Waals surface area contributed by atoms with E-state index in [0.29, 0.717) is 12.1 Å². The van der Waals surface area contributed by atoms with E-state index in [9.17, 15) is 9.59 Å². The quantitative estimate of drug-likeness (QED) is 0.585. The number of carbonyl (C=O) groups excluding carboxylic acids is 1. The van der Waals surface area contributed by atoms with Crippen LogP contribution in [0.1, 0.15) is 15.9 Å². The molecular weight excluding hydrogens is 354 g/mol. The Morgan fingerprint density at radius 2 is 1.86 bits per heavy atom. The molecule has 0 saturated carbocycles. The van der Waals surface area contributed by atoms with Gasteiger partial charge < -0.3 is 20.9 Å². The van der Waals surface area contributed by atoms with Crippen LogP contribution in [0, 0.1) is 0 Å². The van der Waals surface area contributed by atoms with Gasteiger partial charge in [0.2, 0.25) is 0 Å². The SMILES string of the molecule is CN(CCN)Cc1ccc(C(=O)Nc2cc(-c3ccncc3)c[nH]c2=O)cc1. The molecule has 1 amide bonds. The number of hydrogen-bond donors (Lipinski definition) is 3. The topological polar surface area (TPSA) is 104 Å². The molecule has 0 bridgehead atoms. The highest BCUT2D eigenvalue weighted by atomic mass is 16.2. The lowest BCUT2D eigenvalue weighted by atomic mass is 10.1. The Morgan fingerprint density at radius 1 is 1.14 bits per heavy atom. The molecule has 0 atom stereocenters. The Balaban J connectivity index is 1.73. The Hall–Kier alpha value is -3.29. The zero-order chi connectivity index (χ0) is 19.9. The van der Waals surface area contributed by atoms with Crippen molar-refractivity contribution >= 4 is 11.6 Å². The van der Waals surface area contributed by atoms with Gasteiger partial charge in [0.05, 0.1) is 0 Å². The number of anilines is 1. The number of nitrogens with one attached hydrogen (secondary N) is 2. The average Bonchev–Trinajstić information content (AvgIpc) is 2.71. The van der Waals surface area contributed by atoms with Gasteiger partial charge in [-0.25, -0.2) is 0 Å². The summed E-state index contributed by atoms with van der Waals surface area (Å²) in [5.41, 5.74) is 8.66. The molecule has 7 heteroatoms. The van der Waals surface area contributed by atoms with Gasteiger partial charge in [-0.15, -0.1) is 0 Å². The minimum Gasteiger partial charge on any atom is -0.329 e. The Kier molecular flexibility index (Phi) is 6.31. The van der Waals surface area contributed by atoms with Gasteiger partial charge in [-0.2, -0.15) is 0 Å². The second-order valence-electron chi connectivity index (χ2n) is 6.54. The number of H-pyrrole nitrogens is 1. The molecule has 3 rings (SSSR count). The maximum absolute atomic E-state index is 12.5. The number of aromatic amines is 1. The molecule has 0 radical (unpaired) electrons. The van der Waals surface area contributed by atoms with Gasteiger partial charge in [0.15, 0.2) is 0 Å². The first-order chi connectivity index (χ1) is 13.6. The molecule has 0 aliphatic carbocycles. The lowest BCUT2D eigenvalue weighted by Crippen LogP contribution is -2.25. The molecule has 2 aromatic heterocycles. The summed E-state index contributed by atoms with van der Waals surface area (Å²) in [4.78, 5) is 33.4. The fraction of sp³-hybridized carbons (Fsp3) is 0.190. The van der Waals surface area contributed by atoms with Crippen LogP contribution in [0.25, 0.3) is 11.1 Å². The number of aromatic nitrogens is 2. The summed E-state index contributed by atoms with van der Waals surface area (Å²) in [5.74, 6) is -0.334. The van der Waals surface area contributed by atoms with Crippen LogP contribution in [0.3, 0.4) is 0 Å². The standard InChI is InChI=1S/C21H23N5O2/c1-26(11-8-22)14-15-2-4-17(5-3-15)20(27)25-19-12-18(13-24-21(19)28)16-6-9-23-10-7-16/h2-7,9-10,12-13H,8,11,14,22H2,1H3,(H,24,28)(H,25,27). The highest BCUT2D eigenvalue weighted by molar-refractivity contribution is 6.04. The van der Waals surface area contributed by atoms with Crippen LogP contribution in [0.15, 0.2) is 65.8 Å². The summed E-state index contributed by atoms with van der Waals surface area (Å²) in [5, 5.41) is 2.69. The van der Waals surface area contributed by atoms with Crippen molar-refractivity contribution in [3.8, 4) is 11.1 Å². The van der Waals surface area contributed by atoms with E-state index >= 15 is 0 Å². The van der Waals surface area contributed by atoms with Crippen LogP contribution in [-0.2, 0) is 6.54 Å². The van der Waals surface area contributed by atoms with Crippen molar-refractivity contribution in [3.63, 3.8) is 0 Å². The van der Waals surface area contributed by atoms with Gasteiger partial charge in [-0.3, -0.25) is 14.6 Å². The molecular formula is C21H23N5O2. The molecule has 0 aliphatic heterocycles. The van der Waals surface area contributed by atoms with E-state index in [4.69, 9.17) is 5.73 Å². The van der Waals surface area contributed by atoms with Gasteiger partial charge in [0.1, 0.15) is 5.69 Å². The van der Waals surface area contributed by atoms with Crippen molar-refractivity contribution in [3.05, 3.63) is 82.5 Å². The number of rotatable bonds is 7. The molecule has 0 saturated heterocycles. The molecule has 3 aromatic rings. The number of pyridine rings is 2. The van der Waals surface area contributed by atoms with E-state index in [0.717, 1.165) is 29.8 Å². The molecule has 1 aromatic carbocycles. The smallest absolute Gasteiger partial charge is 0.271 e. The third-order valence-corrected chi connectivity index (χ3v) is 4.34. The predicted molar refractivity (Wildman–Crippen MR) is 110 cm³/mol. The lowest BCUT2D eigenvalue weighted by Gasteiger charge is -2.15. The summed E-state index contributed by atoms with van der Waals surface area (Å²) in [7, 11) is 2.00. The monoisotopic (exact) mass is 377 g/mol. The summed E-state index contributed by atoms with van der Waals surface area (Å²) in [6.45, 7) is 2.16. The number of hydrogen-bond acceptors (Lipinski definition) is 5. The number of amides is 1. The van der Waals surface area contributed by atoms with Crippen molar-refractivity contribution < 1.29 is 4.79 Å². The Bertz CT molecular complexity index is 984. The van der Waals surface area contributed by atoms with E-state index in [1.54, 1.807) is 36.8 Å². The van der Waals surface area contributed by atoms with Crippen molar-refractivity contribution in [2.75, 3.05) is 25.5 Å². The molecule has 144 valence electrons. The normalized spacial score (nSPS) is 10.8. The Morgan fingerprint density at radius 3 is 2.54 bits per heavy atom. The summed E-state index contributed by atoms with van der Waals surface area (Å²) in [6.07, 6.45) is 4.95. The minimum atomic E-state index is -0.355. The van der Waals surface area contributed by atoms with Crippen molar-refractivity contribution in [1.82, 2.24) is 14.9 Å². The predicted octanol–water partition coefficient (Wildman–Crippen LogP) is 2.08. The molecule has 0 unspecified atom stereocenters. The van der Waals surface area contributed by atoms with Crippen LogP contribution < -0.4 is 16.6 Å². The highest BCUT2D eigenvalue weighted by Gasteiger charge is 2.10. The maximum Gasteiger partial charge on any atom is 0.271 e. The van der Waals surface area contributed by atoms with Crippen molar-refractivity contribution in [1.29, 1.82) is 0 Å². The summed E-state index contributed by atoms with van der Waals surface area (Å²) < 4.78 is 0. The van der Waals surface area contributed by atoms with Crippen LogP contribution >= 0.6 is 0 Å². The third-order valence-electron chi connectivity index (χ3n) is 4.34. The van der Waals surface area contributed by atoms with Gasteiger partial charge in [0.25, 0.3) is 11.5 Å². The number of carbonyl (C=O) groups is 1. The maximum atomic E-state index is 12.5. The zero-order valence-corrected chi connectivity index (χ0v) is 15.7. The van der Waals surface area contributed by atoms with E-state index in [1.807, 2.05) is 31.3 Å². The summed E-state index contributed by atoms with van der Waals surface area (Å²) in [6, 6.07) is 12.6. The van der Waals surface area contributed by atoms with E-state index in [2.05, 4.69) is 20.2 Å². The first-order valence-electron chi connectivity index (χ1n) is 8.99. The zero-order valence-electron chi connectivity index (χ0n) is 15.7. The van der Waals surface area contributed by atoms with Crippen LogP contribution in [0.4, 0.5) is 5.69 Å². The van der Waals surface area contributed by atoms with E-state index < -0.39 is 0 Å². The largest absolute Gasteiger partial charge is 0.329 e. The molecule has 0 fully saturated rings. The number of likely N-dealkylation sites (N-methyl/N-ethyl adjacent to an activating group) is 1. The average molecular weight is 377 g/mol. The Labute approximate surface area is 163 Å². The van der Waals surface area contributed by atoms with Crippen molar-refractivity contribution in [2.45, 2.75) is 6.54 Å². The van der Waals surface area contributed by atoms with E-state index in [1.165, 1.54) is 0 Å². The molecule has 0 aliphatic rings. The molecule has 2 heterocycles. The van der Waals surface area contributed by atoms with Crippen molar-refractivity contribution in [2.24, 2.45) is 5.73 Å². The minimum absolute atomic E-state index is 0.200. The number of nitrogens with zero attached hydrogens (tertiary/aromatic N) is 2. The fourth-order valence-electron chi connectivity index (χ4n) is 2.85. The molecule has 7 nitrogen and oxygen atoms in total. The number of benzene rings is 1. The second kappa shape index (κ2) is 9.07. The number of nitrogens with two attached hydrogens (primary N) is 1. The van der Waals surface area contributed by atoms with Crippen LogP contribution in [0.2, 0.25) is 0 Å². The first-order valence-corrected chi connectivity index (χ1v) is 8.99. The first kappa shape index (κ1) is 19.5. The summed E-state index contributed by atoms with van der Waals surface area (Å²) >= 11 is 0.